The molecule has 58 nitrogen and oxygen atoms in total. The Morgan fingerprint density at radius 2 is 0.559 bits per heavy atom. The zero-order valence-corrected chi connectivity index (χ0v) is 80.8. The number of ether oxygens (including phenoxy) is 10. The number of hydrogen-bond acceptors (Lipinski definition) is 45. The Labute approximate surface area is 831 Å². The predicted molar refractivity (Wildman–Crippen MR) is 489 cm³/mol. The average Bonchev–Trinajstić information content (AvgIpc) is 0.770. The predicted octanol–water partition coefficient (Wildman–Crippen LogP) is -17.6. The highest BCUT2D eigenvalue weighted by atomic mass is 32.2. The molecule has 0 saturated carbocycles. The molecule has 824 valence electrons. The first-order chi connectivity index (χ1) is 69.0. The van der Waals surface area contributed by atoms with Gasteiger partial charge in [0.2, 0.25) is 80.9 Å². The summed E-state index contributed by atoms with van der Waals surface area (Å²) in [5.41, 5.74) is 0.680. The molecule has 145 heavy (non-hydrogen) atoms. The highest BCUT2D eigenvalue weighted by molar-refractivity contribution is 7.89. The minimum atomic E-state index is -4.47. The van der Waals surface area contributed by atoms with Crippen molar-refractivity contribution in [1.29, 1.82) is 0 Å². The van der Waals surface area contributed by atoms with Crippen LogP contribution < -0.4 is 52.2 Å². The van der Waals surface area contributed by atoms with Gasteiger partial charge in [-0.25, -0.2) is 13.1 Å². The summed E-state index contributed by atoms with van der Waals surface area (Å²) >= 11 is 0. The molecule has 2 aromatic rings. The van der Waals surface area contributed by atoms with Crippen LogP contribution in [0.3, 0.4) is 0 Å². The second-order valence-electron chi connectivity index (χ2n) is 34.6. The van der Waals surface area contributed by atoms with Crippen LogP contribution in [0.5, 0.6) is 0 Å². The zero-order valence-electron chi connectivity index (χ0n) is 79.9. The van der Waals surface area contributed by atoms with Crippen LogP contribution in [0.2, 0.25) is 0 Å². The molecular weight excluding hydrogens is 1970 g/mol. The third-order valence-corrected chi connectivity index (χ3v) is 25.2. The SMILES string of the molecule is CN(C)c1cccc2c(S(=O)(=O)NCC(=O)N(CCC(=O)NCCC(=O)N(CCC(=O)NCCCCCC(=O)N(CCC(=O)NCCC(=O)N(CCC(=O)NCCO[C@@H]3O[C@H](CO)[C@H](O)[C@H](O)[C@H]3O)CC(=O)NCCO[C@@H]3O[C@H](CO)[C@H](O)[C@H](O)[C@H]3O)CC(=O)NCCO[C@@H]3O[C@H](CO)[C@H](O)[C@H](O)[C@H]3O)CC(=O)NCCO[C@@H]3O[C@H](CO)[C@H](O)[C@H](O)[C@H]3O)CC(=O)NCCO[C@@H]3O[C@H](CO)[C@H](O)[C@H](O)[C@H]3O)cccc12. The van der Waals surface area contributed by atoms with Crippen molar-refractivity contribution in [3.63, 3.8) is 0 Å². The molecule has 5 aliphatic heterocycles. The van der Waals surface area contributed by atoms with Crippen LogP contribution in [-0.2, 0) is 115 Å². The number of aliphatic hydroxyl groups excluding tert-OH is 20. The lowest BCUT2D eigenvalue weighted by Crippen LogP contribution is -2.59. The second kappa shape index (κ2) is 62.3. The van der Waals surface area contributed by atoms with Crippen molar-refractivity contribution in [1.82, 2.24) is 66.9 Å². The molecule has 5 fully saturated rings. The molecule has 0 spiro atoms. The number of carbonyl (C=O) groups excluding carboxylic acids is 12. The van der Waals surface area contributed by atoms with Crippen LogP contribution in [-0.4, -0.2) is 546 Å². The Kier molecular flexibility index (Phi) is 52.8. The lowest BCUT2D eigenvalue weighted by atomic mass is 9.99. The van der Waals surface area contributed by atoms with Gasteiger partial charge in [0, 0.05) is 154 Å². The number of rotatable bonds is 62. The van der Waals surface area contributed by atoms with Gasteiger partial charge in [0.05, 0.1) is 104 Å². The lowest BCUT2D eigenvalue weighted by molar-refractivity contribution is -0.300. The summed E-state index contributed by atoms with van der Waals surface area (Å²) in [5.74, 6) is -9.49. The third kappa shape index (κ3) is 38.4. The van der Waals surface area contributed by atoms with E-state index in [-0.39, 0.29) is 89.7 Å². The maximum absolute atomic E-state index is 14.1. The number of amides is 12. The fourth-order valence-electron chi connectivity index (χ4n) is 15.4. The molecule has 0 aromatic heterocycles. The van der Waals surface area contributed by atoms with Gasteiger partial charge in [-0.1, -0.05) is 30.7 Å². The van der Waals surface area contributed by atoms with Crippen molar-refractivity contribution in [2.24, 2.45) is 0 Å². The number of fused-ring (bicyclic) bond motifs is 1. The van der Waals surface area contributed by atoms with Crippen LogP contribution >= 0.6 is 0 Å². The maximum atomic E-state index is 14.1. The van der Waals surface area contributed by atoms with Crippen molar-refractivity contribution >= 4 is 97.4 Å². The van der Waals surface area contributed by atoms with Crippen LogP contribution in [0.4, 0.5) is 5.69 Å². The highest BCUT2D eigenvalue weighted by Gasteiger charge is 2.49. The zero-order chi connectivity index (χ0) is 107. The van der Waals surface area contributed by atoms with Gasteiger partial charge in [-0.05, 0) is 25.0 Å². The number of nitrogens with one attached hydrogen (secondary N) is 9. The van der Waals surface area contributed by atoms with E-state index in [1.807, 2.05) is 0 Å². The van der Waals surface area contributed by atoms with E-state index < -0.39 is 391 Å². The molecule has 0 radical (unpaired) electrons. The minimum Gasteiger partial charge on any atom is -0.394 e. The van der Waals surface area contributed by atoms with E-state index in [9.17, 15) is 168 Å². The van der Waals surface area contributed by atoms with Crippen LogP contribution in [0.25, 0.3) is 10.8 Å². The van der Waals surface area contributed by atoms with Crippen LogP contribution in [0.15, 0.2) is 41.3 Å². The van der Waals surface area contributed by atoms with Gasteiger partial charge in [0.15, 0.2) is 31.5 Å². The standard InChI is InChI=1S/C86H140N14O44S/c1-96(2)48-10-6-9-47-46(48)8-7-11-54(47)145(133,134)95-36-66(117)100(40-62(113)94-26-35-139-86-81(132)76(127)71(122)53(45-105)144-86)30-18-57(108)89-21-14-64(115)98(38-60(111)92-24-33-137-84-79(130)74(125)69(120)51(43-103)142-84)28-15-55(106)87-19-5-3-4-12-63(114)97(37-59(110)91-23-32-136-83-78(129)73(124)68(119)50(42-102)141-83)27-16-56(107)88-20-13-65(116)99(39-61(112)93-25-34-138-85-80(131)75(126)70(121)52(44-104)143-85)29-17-58(109)90-22-31-135-82-77(128)72(123)67(118)49(41-101)140-82/h6-11,49-53,67-86,95,101-105,118-132H,3-5,12-45H2,1-2H3,(H,87,106)(H,88,107)(H,89,108)(H,90,109)(H,91,110)(H,92,111)(H,93,112)(H,94,113)/t49-,50-,51-,52-,53-,67+,68+,69+,70+,71+,72+,73+,74+,75+,76+,77-,78-,79-,80-,81-,82-,83-,84-,85-,86-/m1/s1. The first kappa shape index (κ1) is 123. The van der Waals surface area contributed by atoms with E-state index in [4.69, 9.17) is 47.4 Å². The summed E-state index contributed by atoms with van der Waals surface area (Å²) in [7, 11) is -0.957. The van der Waals surface area contributed by atoms with Gasteiger partial charge in [0.25, 0.3) is 0 Å². The molecule has 0 unspecified atom stereocenters. The molecular formula is C86H140N14O44S. The van der Waals surface area contributed by atoms with E-state index in [2.05, 4.69) is 47.3 Å². The number of benzene rings is 2. The van der Waals surface area contributed by atoms with Gasteiger partial charge in [-0.15, -0.1) is 0 Å². The van der Waals surface area contributed by atoms with E-state index >= 15 is 0 Å². The summed E-state index contributed by atoms with van der Waals surface area (Å²) in [4.78, 5) is 169. The summed E-state index contributed by atoms with van der Waals surface area (Å²) in [5, 5.41) is 222. The van der Waals surface area contributed by atoms with E-state index in [0.717, 1.165) is 19.6 Å². The largest absolute Gasteiger partial charge is 0.394 e. The van der Waals surface area contributed by atoms with Crippen molar-refractivity contribution in [3.05, 3.63) is 36.4 Å². The number of carbonyl (C=O) groups is 12. The normalized spacial score (nSPS) is 27.4. The van der Waals surface area contributed by atoms with Crippen molar-refractivity contribution in [3.8, 4) is 0 Å². The summed E-state index contributed by atoms with van der Waals surface area (Å²) in [6.07, 6.45) is -43.2. The molecule has 0 aliphatic carbocycles. The van der Waals surface area contributed by atoms with E-state index in [1.165, 1.54) is 12.1 Å². The molecule has 25 atom stereocenters. The average molecular weight is 2110 g/mol. The first-order valence-electron chi connectivity index (χ1n) is 47.0. The molecule has 29 N–H and O–H groups in total. The number of unbranched alkanes of at least 4 members (excludes halogenated alkanes) is 2. The van der Waals surface area contributed by atoms with Gasteiger partial charge in [-0.2, -0.15) is 0 Å². The highest BCUT2D eigenvalue weighted by Crippen LogP contribution is 2.32. The topological polar surface area (TPSA) is 860 Å². The van der Waals surface area contributed by atoms with Crippen molar-refractivity contribution in [2.75, 3.05) is 196 Å². The van der Waals surface area contributed by atoms with Gasteiger partial charge < -0.3 is 217 Å². The Hall–Kier alpha value is -9.15. The molecule has 7 rings (SSSR count). The van der Waals surface area contributed by atoms with Crippen molar-refractivity contribution < 1.29 is 215 Å². The number of aliphatic hydroxyl groups is 20. The maximum Gasteiger partial charge on any atom is 0.241 e. The number of sulfonamides is 1. The van der Waals surface area contributed by atoms with Crippen molar-refractivity contribution in [2.45, 2.75) is 223 Å². The summed E-state index contributed by atoms with van der Waals surface area (Å²) in [6.45, 7) is -13.7. The smallest absolute Gasteiger partial charge is 0.241 e. The van der Waals surface area contributed by atoms with Crippen LogP contribution in [0.1, 0.15) is 64.2 Å². The molecule has 12 amide bonds. The van der Waals surface area contributed by atoms with E-state index in [0.29, 0.717) is 16.5 Å². The fraction of sp³-hybridized carbons (Fsp3) is 0.744. The van der Waals surface area contributed by atoms with Crippen LogP contribution in [0, 0.1) is 0 Å². The Bertz CT molecular complexity index is 4520. The summed E-state index contributed by atoms with van der Waals surface area (Å²) < 4.78 is 83.8. The third-order valence-electron chi connectivity index (χ3n) is 23.7. The monoisotopic (exact) mass is 2100 g/mol. The van der Waals surface area contributed by atoms with Gasteiger partial charge >= 0.3 is 0 Å². The summed E-state index contributed by atoms with van der Waals surface area (Å²) in [6, 6.07) is 9.51. The van der Waals surface area contributed by atoms with Gasteiger partial charge in [0.1, 0.15) is 122 Å². The molecule has 5 aliphatic rings. The molecule has 2 aromatic carbocycles. The molecule has 59 heteroatoms. The Balaban J connectivity index is 0.944. The molecule has 5 heterocycles. The minimum absolute atomic E-state index is 0.0278. The van der Waals surface area contributed by atoms with Gasteiger partial charge in [-0.3, -0.25) is 57.5 Å². The molecule has 0 bridgehead atoms. The Morgan fingerprint density at radius 1 is 0.297 bits per heavy atom. The fourth-order valence-corrected chi connectivity index (χ4v) is 16.6. The molecule has 5 saturated heterocycles. The Morgan fingerprint density at radius 3 is 0.855 bits per heavy atom. The quantitative estimate of drug-likeness (QED) is 0.0274. The second-order valence-corrected chi connectivity index (χ2v) is 36.3. The first-order valence-corrected chi connectivity index (χ1v) is 48.5. The van der Waals surface area contributed by atoms with E-state index in [1.54, 1.807) is 43.3 Å². The number of nitrogens with zero attached hydrogens (tertiary/aromatic N) is 5. The number of hydrogen-bond donors (Lipinski definition) is 29. The number of anilines is 1. The lowest BCUT2D eigenvalue weighted by Gasteiger charge is -2.39.